The zero-order valence-corrected chi connectivity index (χ0v) is 12.6. The molecule has 0 heterocycles. The number of benzene rings is 2. The minimum Gasteiger partial charge on any atom is -0.224 e. The molecule has 99 valence electrons. The molecule has 19 heavy (non-hydrogen) atoms. The molecule has 0 unspecified atom stereocenters. The van der Waals surface area contributed by atoms with E-state index in [9.17, 15) is 8.42 Å². The molecule has 0 saturated heterocycles. The zero-order chi connectivity index (χ0) is 14.2. The van der Waals surface area contributed by atoms with Crippen LogP contribution >= 0.6 is 11.6 Å². The van der Waals surface area contributed by atoms with Crippen LogP contribution in [0.25, 0.3) is 11.1 Å². The molecule has 1 radical (unpaired) electrons. The van der Waals surface area contributed by atoms with Gasteiger partial charge in [0.05, 0.1) is 4.90 Å². The number of rotatable bonds is 2. The molecule has 0 aliphatic carbocycles. The molecule has 0 saturated carbocycles. The maximum absolute atomic E-state index is 11.5. The Labute approximate surface area is 119 Å². The molecule has 2 rings (SSSR count). The van der Waals surface area contributed by atoms with E-state index in [1.54, 1.807) is 12.1 Å². The third kappa shape index (κ3) is 2.99. The highest BCUT2D eigenvalue weighted by atomic mass is 35.5. The van der Waals surface area contributed by atoms with Crippen molar-refractivity contribution in [3.05, 3.63) is 52.5 Å². The molecule has 0 amide bonds. The van der Waals surface area contributed by atoms with Gasteiger partial charge in [0.2, 0.25) is 0 Å². The Morgan fingerprint density at radius 1 is 1.11 bits per heavy atom. The van der Waals surface area contributed by atoms with Crippen molar-refractivity contribution in [2.45, 2.75) is 18.7 Å². The molecule has 0 N–H and O–H groups in total. The quantitative estimate of drug-likeness (QED) is 0.843. The number of sulfone groups is 1. The topological polar surface area (TPSA) is 34.1 Å². The van der Waals surface area contributed by atoms with Gasteiger partial charge in [-0.15, -0.1) is 0 Å². The Bertz CT molecular complexity index is 734. The van der Waals surface area contributed by atoms with Gasteiger partial charge in [0.1, 0.15) is 0 Å². The van der Waals surface area contributed by atoms with Crippen molar-refractivity contribution in [2.75, 3.05) is 6.26 Å². The summed E-state index contributed by atoms with van der Waals surface area (Å²) in [6.07, 6.45) is 1.17. The van der Waals surface area contributed by atoms with Crippen LogP contribution in [0.15, 0.2) is 35.2 Å². The van der Waals surface area contributed by atoms with Crippen molar-refractivity contribution in [1.29, 1.82) is 0 Å². The predicted octanol–water partition coefficient (Wildman–Crippen LogP) is 3.83. The predicted molar refractivity (Wildman–Crippen MR) is 78.3 cm³/mol. The first-order valence-corrected chi connectivity index (χ1v) is 8.05. The minimum absolute atomic E-state index is 0.232. The van der Waals surface area contributed by atoms with Crippen LogP contribution < -0.4 is 0 Å². The van der Waals surface area contributed by atoms with Crippen LogP contribution in [0.4, 0.5) is 0 Å². The van der Waals surface area contributed by atoms with Crippen molar-refractivity contribution in [3.8, 4) is 11.1 Å². The largest absolute Gasteiger partial charge is 0.224 e. The van der Waals surface area contributed by atoms with E-state index in [2.05, 4.69) is 6.07 Å². The second kappa shape index (κ2) is 4.99. The average Bonchev–Trinajstić information content (AvgIpc) is 2.31. The van der Waals surface area contributed by atoms with Gasteiger partial charge in [-0.25, -0.2) is 8.42 Å². The van der Waals surface area contributed by atoms with Gasteiger partial charge in [-0.05, 0) is 48.7 Å². The molecule has 0 aliphatic rings. The first kappa shape index (κ1) is 14.1. The van der Waals surface area contributed by atoms with Gasteiger partial charge in [0.25, 0.3) is 0 Å². The number of halogens is 1. The molecule has 4 heteroatoms. The average molecular weight is 294 g/mol. The molecule has 2 aromatic carbocycles. The van der Waals surface area contributed by atoms with E-state index in [1.165, 1.54) is 12.3 Å². The summed E-state index contributed by atoms with van der Waals surface area (Å²) in [5, 5.41) is 0.435. The van der Waals surface area contributed by atoms with Crippen molar-refractivity contribution < 1.29 is 8.42 Å². The van der Waals surface area contributed by atoms with Gasteiger partial charge < -0.3 is 0 Å². The van der Waals surface area contributed by atoms with Gasteiger partial charge >= 0.3 is 0 Å². The van der Waals surface area contributed by atoms with Crippen LogP contribution in [0.2, 0.25) is 5.02 Å². The highest BCUT2D eigenvalue weighted by molar-refractivity contribution is 7.90. The maximum atomic E-state index is 11.5. The molecule has 2 nitrogen and oxygen atoms in total. The smallest absolute Gasteiger partial charge is 0.175 e. The van der Waals surface area contributed by atoms with Crippen LogP contribution in [-0.2, 0) is 9.84 Å². The van der Waals surface area contributed by atoms with Gasteiger partial charge in [0.15, 0.2) is 9.84 Å². The van der Waals surface area contributed by atoms with E-state index in [4.69, 9.17) is 11.6 Å². The van der Waals surface area contributed by atoms with E-state index >= 15 is 0 Å². The SMILES string of the molecule is Cc1c[c]c(C)c(-c2ccc(S(C)(=O)=O)cc2Cl)c1. The van der Waals surface area contributed by atoms with Crippen molar-refractivity contribution >= 4 is 21.4 Å². The Kier molecular flexibility index (Phi) is 3.70. The minimum atomic E-state index is -3.23. The number of aryl methyl sites for hydroxylation is 2. The molecule has 0 bridgehead atoms. The zero-order valence-electron chi connectivity index (χ0n) is 11.0. The van der Waals surface area contributed by atoms with Gasteiger partial charge in [-0.1, -0.05) is 29.8 Å². The normalized spacial score (nSPS) is 11.6. The first-order chi connectivity index (χ1) is 8.79. The molecule has 0 fully saturated rings. The summed E-state index contributed by atoms with van der Waals surface area (Å²) < 4.78 is 23.0. The van der Waals surface area contributed by atoms with Crippen LogP contribution in [0.5, 0.6) is 0 Å². The molecular weight excluding hydrogens is 280 g/mol. The maximum Gasteiger partial charge on any atom is 0.175 e. The summed E-state index contributed by atoms with van der Waals surface area (Å²) >= 11 is 6.22. The lowest BCUT2D eigenvalue weighted by Gasteiger charge is -2.10. The lowest BCUT2D eigenvalue weighted by atomic mass is 9.98. The van der Waals surface area contributed by atoms with E-state index < -0.39 is 9.84 Å². The second-order valence-corrected chi connectivity index (χ2v) is 7.05. The monoisotopic (exact) mass is 293 g/mol. The van der Waals surface area contributed by atoms with Crippen LogP contribution in [0.1, 0.15) is 11.1 Å². The molecule has 0 aromatic heterocycles. The fourth-order valence-corrected chi connectivity index (χ4v) is 2.90. The Morgan fingerprint density at radius 2 is 1.79 bits per heavy atom. The summed E-state index contributed by atoms with van der Waals surface area (Å²) in [6.45, 7) is 3.94. The highest BCUT2D eigenvalue weighted by Gasteiger charge is 2.12. The van der Waals surface area contributed by atoms with E-state index in [0.717, 1.165) is 22.3 Å². The molecular formula is C15H14ClO2S. The molecule has 0 aliphatic heterocycles. The Morgan fingerprint density at radius 3 is 2.37 bits per heavy atom. The first-order valence-electron chi connectivity index (χ1n) is 5.78. The highest BCUT2D eigenvalue weighted by Crippen LogP contribution is 2.32. The van der Waals surface area contributed by atoms with Crippen LogP contribution in [0.3, 0.4) is 0 Å². The standard InChI is InChI=1S/C15H14ClO2S/c1-10-4-5-11(2)14(8-10)13-7-6-12(9-15(13)16)19(3,17)18/h4,6-9H,1-3H3. The van der Waals surface area contributed by atoms with Crippen LogP contribution in [0, 0.1) is 19.9 Å². The number of hydrogen-bond acceptors (Lipinski definition) is 2. The van der Waals surface area contributed by atoms with E-state index in [-0.39, 0.29) is 4.90 Å². The Hall–Kier alpha value is -1.32. The lowest BCUT2D eigenvalue weighted by molar-refractivity contribution is 0.602. The fraction of sp³-hybridized carbons (Fsp3) is 0.200. The fourth-order valence-electron chi connectivity index (χ4n) is 1.90. The van der Waals surface area contributed by atoms with Gasteiger partial charge in [-0.3, -0.25) is 0 Å². The summed E-state index contributed by atoms with van der Waals surface area (Å²) in [6, 6.07) is 11.9. The third-order valence-electron chi connectivity index (χ3n) is 2.95. The lowest BCUT2D eigenvalue weighted by Crippen LogP contribution is -1.97. The van der Waals surface area contributed by atoms with Crippen LogP contribution in [-0.4, -0.2) is 14.7 Å². The molecule has 0 spiro atoms. The number of hydrogen-bond donors (Lipinski definition) is 0. The Balaban J connectivity index is 2.62. The van der Waals surface area contributed by atoms with Crippen molar-refractivity contribution in [1.82, 2.24) is 0 Å². The van der Waals surface area contributed by atoms with Gasteiger partial charge in [0, 0.05) is 16.8 Å². The summed E-state index contributed by atoms with van der Waals surface area (Å²) in [4.78, 5) is 0.232. The second-order valence-electron chi connectivity index (χ2n) is 4.63. The van der Waals surface area contributed by atoms with E-state index in [0.29, 0.717) is 5.02 Å². The third-order valence-corrected chi connectivity index (χ3v) is 4.37. The molecule has 0 atom stereocenters. The summed E-state index contributed by atoms with van der Waals surface area (Å²) in [5.41, 5.74) is 3.88. The summed E-state index contributed by atoms with van der Waals surface area (Å²) in [7, 11) is -3.23. The summed E-state index contributed by atoms with van der Waals surface area (Å²) in [5.74, 6) is 0. The van der Waals surface area contributed by atoms with E-state index in [1.807, 2.05) is 26.0 Å². The van der Waals surface area contributed by atoms with Crippen molar-refractivity contribution in [2.24, 2.45) is 0 Å². The van der Waals surface area contributed by atoms with Crippen molar-refractivity contribution in [3.63, 3.8) is 0 Å². The van der Waals surface area contributed by atoms with Gasteiger partial charge in [-0.2, -0.15) is 0 Å². The molecule has 2 aromatic rings.